The summed E-state index contributed by atoms with van der Waals surface area (Å²) in [5.74, 6) is 0.176. The molecule has 3 rings (SSSR count). The van der Waals surface area contributed by atoms with E-state index in [1.807, 2.05) is 0 Å². The lowest BCUT2D eigenvalue weighted by molar-refractivity contribution is -0.127. The smallest absolute Gasteiger partial charge is 0.309 e. The molecule has 2 aliphatic heterocycles. The van der Waals surface area contributed by atoms with Crippen LogP contribution in [0.25, 0.3) is 0 Å². The van der Waals surface area contributed by atoms with Crippen molar-refractivity contribution in [3.8, 4) is 0 Å². The summed E-state index contributed by atoms with van der Waals surface area (Å²) < 4.78 is 23.2. The Labute approximate surface area is 125 Å². The zero-order valence-electron chi connectivity index (χ0n) is 12.3. The molecule has 0 bridgehead atoms. The molecule has 0 aromatic heterocycles. The van der Waals surface area contributed by atoms with E-state index in [9.17, 15) is 18.0 Å². The third kappa shape index (κ3) is 2.45. The number of imide groups is 1. The van der Waals surface area contributed by atoms with Crippen LogP contribution in [-0.2, 0) is 14.6 Å². The van der Waals surface area contributed by atoms with Gasteiger partial charge in [0.25, 0.3) is 5.91 Å². The fraction of sp³-hybridized carbons (Fsp3) is 0.857. The molecule has 3 aliphatic rings. The summed E-state index contributed by atoms with van der Waals surface area (Å²) in [5.41, 5.74) is 0. The summed E-state index contributed by atoms with van der Waals surface area (Å²) >= 11 is 0. The fourth-order valence-electron chi connectivity index (χ4n) is 3.95. The highest BCUT2D eigenvalue weighted by atomic mass is 32.2. The molecule has 3 atom stereocenters. The second-order valence-corrected chi connectivity index (χ2v) is 8.75. The first-order valence-electron chi connectivity index (χ1n) is 7.78. The van der Waals surface area contributed by atoms with Crippen molar-refractivity contribution in [2.24, 2.45) is 5.92 Å². The Bertz CT molecular complexity index is 559. The number of rotatable bonds is 4. The van der Waals surface area contributed by atoms with Gasteiger partial charge < -0.3 is 4.90 Å². The first-order chi connectivity index (χ1) is 9.94. The van der Waals surface area contributed by atoms with Gasteiger partial charge in [-0.15, -0.1) is 0 Å². The quantitative estimate of drug-likeness (QED) is 0.726. The first kappa shape index (κ1) is 14.8. The lowest BCUT2D eigenvalue weighted by Crippen LogP contribution is -2.42. The molecule has 0 aromatic rings. The molecule has 0 radical (unpaired) electrons. The number of carbonyl (C=O) groups is 2. The van der Waals surface area contributed by atoms with E-state index in [1.165, 1.54) is 6.42 Å². The summed E-state index contributed by atoms with van der Waals surface area (Å²) in [4.78, 5) is 27.8. The van der Waals surface area contributed by atoms with Gasteiger partial charge in [0.1, 0.15) is 6.04 Å². The maximum atomic E-state index is 12.5. The molecule has 0 unspecified atom stereocenters. The fourth-order valence-corrected chi connectivity index (χ4v) is 4.70. The largest absolute Gasteiger partial charge is 0.327 e. The molecule has 2 heterocycles. The van der Waals surface area contributed by atoms with Gasteiger partial charge in [0, 0.05) is 18.3 Å². The SMILES string of the molecule is CCS(=O)(=O)CCN1C(=O)[C@@H]2C[C@H]3CCCC[C@H]3N2C1=O. The molecule has 6 nitrogen and oxygen atoms in total. The van der Waals surface area contributed by atoms with Crippen LogP contribution in [0.4, 0.5) is 4.79 Å². The zero-order valence-corrected chi connectivity index (χ0v) is 13.1. The van der Waals surface area contributed by atoms with Gasteiger partial charge in [-0.25, -0.2) is 13.2 Å². The van der Waals surface area contributed by atoms with Crippen LogP contribution in [0.5, 0.6) is 0 Å². The van der Waals surface area contributed by atoms with Gasteiger partial charge in [0.05, 0.1) is 5.75 Å². The predicted molar refractivity (Wildman–Crippen MR) is 77.4 cm³/mol. The third-order valence-corrected chi connectivity index (χ3v) is 6.84. The van der Waals surface area contributed by atoms with E-state index in [2.05, 4.69) is 0 Å². The summed E-state index contributed by atoms with van der Waals surface area (Å²) in [7, 11) is -3.17. The molecule has 3 amide bonds. The normalized spacial score (nSPS) is 32.5. The van der Waals surface area contributed by atoms with E-state index in [0.717, 1.165) is 30.6 Å². The Balaban J connectivity index is 1.73. The minimum absolute atomic E-state index is 0.00176. The van der Waals surface area contributed by atoms with Gasteiger partial charge in [0.2, 0.25) is 0 Å². The molecular formula is C14H22N2O4S. The molecule has 2 saturated heterocycles. The van der Waals surface area contributed by atoms with E-state index in [4.69, 9.17) is 0 Å². The Morgan fingerprint density at radius 3 is 2.62 bits per heavy atom. The van der Waals surface area contributed by atoms with E-state index < -0.39 is 9.84 Å². The monoisotopic (exact) mass is 314 g/mol. The zero-order chi connectivity index (χ0) is 15.2. The number of urea groups is 1. The molecule has 1 aliphatic carbocycles. The Kier molecular flexibility index (Phi) is 3.71. The predicted octanol–water partition coefficient (Wildman–Crippen LogP) is 1.02. The van der Waals surface area contributed by atoms with Crippen molar-refractivity contribution in [2.75, 3.05) is 18.1 Å². The number of nitrogens with zero attached hydrogens (tertiary/aromatic N) is 2. The molecule has 1 saturated carbocycles. The topological polar surface area (TPSA) is 74.8 Å². The molecule has 7 heteroatoms. The van der Waals surface area contributed by atoms with E-state index in [1.54, 1.807) is 11.8 Å². The van der Waals surface area contributed by atoms with Gasteiger partial charge in [-0.1, -0.05) is 19.8 Å². The third-order valence-electron chi connectivity index (χ3n) is 5.16. The van der Waals surface area contributed by atoms with Crippen LogP contribution < -0.4 is 0 Å². The second-order valence-electron chi connectivity index (χ2n) is 6.28. The van der Waals surface area contributed by atoms with Crippen LogP contribution in [0, 0.1) is 5.92 Å². The maximum absolute atomic E-state index is 12.5. The highest BCUT2D eigenvalue weighted by Gasteiger charge is 2.55. The second kappa shape index (κ2) is 5.26. The number of hydrogen-bond acceptors (Lipinski definition) is 4. The summed E-state index contributed by atoms with van der Waals surface area (Å²) in [6.07, 6.45) is 5.12. The van der Waals surface area contributed by atoms with E-state index >= 15 is 0 Å². The number of fused-ring (bicyclic) bond motifs is 3. The van der Waals surface area contributed by atoms with Gasteiger partial charge in [-0.3, -0.25) is 9.69 Å². The maximum Gasteiger partial charge on any atom is 0.327 e. The van der Waals surface area contributed by atoms with Crippen molar-refractivity contribution in [3.05, 3.63) is 0 Å². The molecule has 0 N–H and O–H groups in total. The average molecular weight is 314 g/mol. The van der Waals surface area contributed by atoms with Gasteiger partial charge in [-0.05, 0) is 25.2 Å². The van der Waals surface area contributed by atoms with E-state index in [0.29, 0.717) is 5.92 Å². The van der Waals surface area contributed by atoms with Crippen molar-refractivity contribution in [1.82, 2.24) is 9.80 Å². The summed E-state index contributed by atoms with van der Waals surface area (Å²) in [5, 5.41) is 0. The standard InChI is InChI=1S/C14H22N2O4S/c1-2-21(19,20)8-7-15-13(17)12-9-10-5-3-4-6-11(10)16(12)14(15)18/h10-12H,2-9H2,1H3/t10-,11-,12+/m1/s1. The molecule has 118 valence electrons. The molecular weight excluding hydrogens is 292 g/mol. The minimum Gasteiger partial charge on any atom is -0.309 e. The highest BCUT2D eigenvalue weighted by molar-refractivity contribution is 7.91. The van der Waals surface area contributed by atoms with Crippen LogP contribution in [0.1, 0.15) is 39.0 Å². The Hall–Kier alpha value is -1.11. The highest BCUT2D eigenvalue weighted by Crippen LogP contribution is 2.43. The summed E-state index contributed by atoms with van der Waals surface area (Å²) in [6, 6.07) is -0.423. The molecule has 21 heavy (non-hydrogen) atoms. The number of amides is 3. The van der Waals surface area contributed by atoms with Crippen molar-refractivity contribution in [3.63, 3.8) is 0 Å². The van der Waals surface area contributed by atoms with Crippen LogP contribution in [0.15, 0.2) is 0 Å². The lowest BCUT2D eigenvalue weighted by Gasteiger charge is -2.30. The Morgan fingerprint density at radius 1 is 1.19 bits per heavy atom. The van der Waals surface area contributed by atoms with Crippen LogP contribution in [0.2, 0.25) is 0 Å². The van der Waals surface area contributed by atoms with Crippen LogP contribution in [-0.4, -0.2) is 60.3 Å². The van der Waals surface area contributed by atoms with Gasteiger partial charge >= 0.3 is 6.03 Å². The van der Waals surface area contributed by atoms with Crippen LogP contribution >= 0.6 is 0 Å². The van der Waals surface area contributed by atoms with Crippen LogP contribution in [0.3, 0.4) is 0 Å². The minimum atomic E-state index is -3.17. The van der Waals surface area contributed by atoms with Crippen molar-refractivity contribution in [1.29, 1.82) is 0 Å². The van der Waals surface area contributed by atoms with Gasteiger partial charge in [-0.2, -0.15) is 0 Å². The average Bonchev–Trinajstić information content (AvgIpc) is 2.95. The van der Waals surface area contributed by atoms with E-state index in [-0.39, 0.29) is 42.1 Å². The van der Waals surface area contributed by atoms with Gasteiger partial charge in [0.15, 0.2) is 9.84 Å². The molecule has 0 spiro atoms. The van der Waals surface area contributed by atoms with Crippen molar-refractivity contribution >= 4 is 21.8 Å². The first-order valence-corrected chi connectivity index (χ1v) is 9.61. The van der Waals surface area contributed by atoms with Crippen molar-refractivity contribution < 1.29 is 18.0 Å². The summed E-state index contributed by atoms with van der Waals surface area (Å²) in [6.45, 7) is 1.58. The lowest BCUT2D eigenvalue weighted by atomic mass is 9.84. The molecule has 3 fully saturated rings. The number of hydrogen-bond donors (Lipinski definition) is 0. The molecule has 0 aromatic carbocycles. The number of sulfone groups is 1. The van der Waals surface area contributed by atoms with Crippen molar-refractivity contribution in [2.45, 2.75) is 51.1 Å². The Morgan fingerprint density at radius 2 is 1.90 bits per heavy atom. The number of carbonyl (C=O) groups excluding carboxylic acids is 2.